The van der Waals surface area contributed by atoms with Gasteiger partial charge >= 0.3 is 0 Å². The number of nitrogens with one attached hydrogen (secondary N) is 1. The van der Waals surface area contributed by atoms with E-state index >= 15 is 0 Å². The first kappa shape index (κ1) is 24.3. The molecule has 7 heteroatoms. The number of thiophene rings is 1. The number of fused-ring (bicyclic) bond motifs is 1. The van der Waals surface area contributed by atoms with Gasteiger partial charge in [-0.05, 0) is 98.4 Å². The largest absolute Gasteiger partial charge is 0.375 e. The third-order valence-electron chi connectivity index (χ3n) is 6.17. The maximum atomic E-state index is 12.3. The minimum absolute atomic E-state index is 0.110. The molecule has 1 amide bonds. The highest BCUT2D eigenvalue weighted by Crippen LogP contribution is 2.38. The first-order chi connectivity index (χ1) is 15.7. The van der Waals surface area contributed by atoms with Crippen molar-refractivity contribution in [1.82, 2.24) is 9.88 Å². The fraction of sp³-hybridized carbons (Fsp3) is 0.500. The van der Waals surface area contributed by atoms with Crippen LogP contribution in [0.2, 0.25) is 0 Å². The van der Waals surface area contributed by atoms with Gasteiger partial charge in [-0.3, -0.25) is 9.69 Å². The van der Waals surface area contributed by atoms with Gasteiger partial charge in [0.15, 0.2) is 0 Å². The highest BCUT2D eigenvalue weighted by atomic mass is 32.2. The van der Waals surface area contributed by atoms with Crippen molar-refractivity contribution in [2.24, 2.45) is 5.73 Å². The van der Waals surface area contributed by atoms with Crippen molar-refractivity contribution < 1.29 is 9.53 Å². The van der Waals surface area contributed by atoms with E-state index in [9.17, 15) is 4.79 Å². The van der Waals surface area contributed by atoms with Gasteiger partial charge in [0.1, 0.15) is 0 Å². The molecule has 4 rings (SSSR count). The van der Waals surface area contributed by atoms with Crippen LogP contribution in [0.3, 0.4) is 0 Å². The normalized spacial score (nSPS) is 15.5. The first-order valence-corrected chi connectivity index (χ1v) is 13.7. The number of thioether (sulfide) groups is 1. The average Bonchev–Trinajstić information content (AvgIpc) is 3.39. The summed E-state index contributed by atoms with van der Waals surface area (Å²) in [5.74, 6) is 2.55. The number of primary amides is 1. The van der Waals surface area contributed by atoms with Crippen LogP contribution >= 0.6 is 23.1 Å². The van der Waals surface area contributed by atoms with Gasteiger partial charge < -0.3 is 15.5 Å². The molecule has 0 saturated carbocycles. The van der Waals surface area contributed by atoms with Crippen LogP contribution in [0.5, 0.6) is 0 Å². The van der Waals surface area contributed by atoms with Crippen LogP contribution < -0.4 is 5.73 Å². The van der Waals surface area contributed by atoms with Crippen molar-refractivity contribution in [3.63, 3.8) is 0 Å². The number of nitrogens with two attached hydrogens (primary N) is 1. The Morgan fingerprint density at radius 1 is 1.21 bits per heavy atom. The molecule has 5 nitrogen and oxygen atoms in total. The number of nitrogens with zero attached hydrogens (tertiary/aromatic N) is 1. The van der Waals surface area contributed by atoms with Gasteiger partial charge in [-0.1, -0.05) is 0 Å². The molecule has 0 aliphatic carbocycles. The summed E-state index contributed by atoms with van der Waals surface area (Å²) in [6.45, 7) is 8.72. The number of carbonyl (C=O) groups is 1. The minimum Gasteiger partial charge on any atom is -0.375 e. The van der Waals surface area contributed by atoms with Gasteiger partial charge in [-0.25, -0.2) is 0 Å². The van der Waals surface area contributed by atoms with Crippen molar-refractivity contribution in [3.8, 4) is 11.1 Å². The van der Waals surface area contributed by atoms with Gasteiger partial charge in [-0.2, -0.15) is 11.8 Å². The van der Waals surface area contributed by atoms with Crippen molar-refractivity contribution in [2.75, 3.05) is 31.7 Å². The van der Waals surface area contributed by atoms with E-state index in [0.29, 0.717) is 18.1 Å². The molecule has 0 atom stereocenters. The summed E-state index contributed by atoms with van der Waals surface area (Å²) in [4.78, 5) is 19.2. The van der Waals surface area contributed by atoms with Crippen LogP contribution in [0.15, 0.2) is 29.8 Å². The number of amides is 1. The summed E-state index contributed by atoms with van der Waals surface area (Å²) < 4.78 is 5.86. The Bertz CT molecular complexity index is 1110. The predicted molar refractivity (Wildman–Crippen MR) is 141 cm³/mol. The Labute approximate surface area is 205 Å². The Hall–Kier alpha value is -1.80. The Balaban J connectivity index is 1.57. The van der Waals surface area contributed by atoms with E-state index in [1.807, 2.05) is 17.8 Å². The zero-order chi connectivity index (χ0) is 23.6. The molecule has 3 heterocycles. The molecular weight excluding hydrogens is 450 g/mol. The lowest BCUT2D eigenvalue weighted by Gasteiger charge is -2.22. The zero-order valence-electron chi connectivity index (χ0n) is 20.1. The van der Waals surface area contributed by atoms with Crippen LogP contribution in [0.25, 0.3) is 22.0 Å². The molecule has 0 bridgehead atoms. The molecule has 178 valence electrons. The summed E-state index contributed by atoms with van der Waals surface area (Å²) >= 11 is 3.78. The lowest BCUT2D eigenvalue weighted by atomic mass is 9.91. The fourth-order valence-electron chi connectivity index (χ4n) is 4.43. The summed E-state index contributed by atoms with van der Waals surface area (Å²) in [5.41, 5.74) is 10.6. The molecular formula is C26H35N3O2S2. The standard InChI is InChI=1S/C26H35N3O2S2/c1-26(2,3)31-8-7-29(4)15-20-11-19(16-33-20)18-12-21-23(17-5-9-32-10-6-17)14-28-24(21)22(13-18)25(27)30/h11-14,16-17,28H,5-10,15H2,1-4H3,(H2,27,30). The van der Waals surface area contributed by atoms with E-state index in [1.165, 1.54) is 34.8 Å². The van der Waals surface area contributed by atoms with E-state index in [-0.39, 0.29) is 11.5 Å². The first-order valence-electron chi connectivity index (χ1n) is 11.6. The Morgan fingerprint density at radius 2 is 1.97 bits per heavy atom. The minimum atomic E-state index is -0.386. The van der Waals surface area contributed by atoms with Crippen LogP contribution in [-0.2, 0) is 11.3 Å². The lowest BCUT2D eigenvalue weighted by Crippen LogP contribution is -2.27. The number of aromatic amines is 1. The van der Waals surface area contributed by atoms with Crippen LogP contribution in [-0.4, -0.2) is 53.1 Å². The van der Waals surface area contributed by atoms with E-state index in [4.69, 9.17) is 10.5 Å². The molecule has 1 saturated heterocycles. The highest BCUT2D eigenvalue weighted by molar-refractivity contribution is 7.99. The van der Waals surface area contributed by atoms with Crippen molar-refractivity contribution in [3.05, 3.63) is 45.8 Å². The van der Waals surface area contributed by atoms with E-state index in [1.54, 1.807) is 11.3 Å². The van der Waals surface area contributed by atoms with Crippen LogP contribution in [0, 0.1) is 0 Å². The molecule has 1 aliphatic heterocycles. The highest BCUT2D eigenvalue weighted by Gasteiger charge is 2.22. The fourth-order valence-corrected chi connectivity index (χ4v) is 6.51. The average molecular weight is 486 g/mol. The number of ether oxygens (including phenoxy) is 1. The third-order valence-corrected chi connectivity index (χ3v) is 8.14. The van der Waals surface area contributed by atoms with Gasteiger partial charge in [0, 0.05) is 29.5 Å². The molecule has 1 aliphatic rings. The Morgan fingerprint density at radius 3 is 2.67 bits per heavy atom. The molecule has 1 aromatic carbocycles. The number of rotatable bonds is 8. The van der Waals surface area contributed by atoms with Gasteiger partial charge in [-0.15, -0.1) is 11.3 Å². The third kappa shape index (κ3) is 6.01. The van der Waals surface area contributed by atoms with Gasteiger partial charge in [0.25, 0.3) is 5.91 Å². The predicted octanol–water partition coefficient (Wildman–Crippen LogP) is 5.85. The molecule has 33 heavy (non-hydrogen) atoms. The summed E-state index contributed by atoms with van der Waals surface area (Å²) in [6, 6.07) is 6.41. The molecule has 0 unspecified atom stereocenters. The van der Waals surface area contributed by atoms with E-state index < -0.39 is 0 Å². The monoisotopic (exact) mass is 485 g/mol. The molecule has 3 N–H and O–H groups in total. The SMILES string of the molecule is CN(CCOC(C)(C)C)Cc1cc(-c2cc(C(N)=O)c3[nH]cc(C4CCSCC4)c3c2)cs1. The number of hydrogen-bond donors (Lipinski definition) is 2. The molecule has 3 aromatic rings. The van der Waals surface area contributed by atoms with E-state index in [0.717, 1.165) is 35.1 Å². The van der Waals surface area contributed by atoms with Crippen molar-refractivity contribution in [1.29, 1.82) is 0 Å². The number of carbonyl (C=O) groups excluding carboxylic acids is 1. The van der Waals surface area contributed by atoms with Crippen LogP contribution in [0.1, 0.15) is 60.3 Å². The second-order valence-electron chi connectivity index (χ2n) is 9.94. The molecule has 0 spiro atoms. The summed E-state index contributed by atoms with van der Waals surface area (Å²) in [7, 11) is 2.12. The summed E-state index contributed by atoms with van der Waals surface area (Å²) in [6.07, 6.45) is 4.46. The number of hydrogen-bond acceptors (Lipinski definition) is 5. The van der Waals surface area contributed by atoms with Crippen molar-refractivity contribution >= 4 is 39.9 Å². The molecule has 0 radical (unpaired) electrons. The number of aromatic nitrogens is 1. The van der Waals surface area contributed by atoms with Crippen LogP contribution in [0.4, 0.5) is 0 Å². The second kappa shape index (κ2) is 10.2. The number of H-pyrrole nitrogens is 1. The number of benzene rings is 1. The Kier molecular flexibility index (Phi) is 7.53. The second-order valence-corrected chi connectivity index (χ2v) is 12.2. The quantitative estimate of drug-likeness (QED) is 0.420. The zero-order valence-corrected chi connectivity index (χ0v) is 21.7. The van der Waals surface area contributed by atoms with Gasteiger partial charge in [0.2, 0.25) is 0 Å². The summed E-state index contributed by atoms with van der Waals surface area (Å²) in [5, 5.41) is 3.33. The maximum Gasteiger partial charge on any atom is 0.250 e. The lowest BCUT2D eigenvalue weighted by molar-refractivity contribution is -0.0112. The molecule has 1 fully saturated rings. The maximum absolute atomic E-state index is 12.3. The topological polar surface area (TPSA) is 71.3 Å². The molecule has 2 aromatic heterocycles. The smallest absolute Gasteiger partial charge is 0.250 e. The van der Waals surface area contributed by atoms with E-state index in [2.05, 4.69) is 61.4 Å². The van der Waals surface area contributed by atoms with Crippen molar-refractivity contribution in [2.45, 2.75) is 51.7 Å². The number of likely N-dealkylation sites (N-methyl/N-ethyl adjacent to an activating group) is 1. The van der Waals surface area contributed by atoms with Gasteiger partial charge in [0.05, 0.1) is 23.3 Å².